The number of aryl methyl sites for hydroxylation is 2. The molecule has 1 N–H and O–H groups in total. The molecule has 150 valence electrons. The van der Waals surface area contributed by atoms with Crippen molar-refractivity contribution in [1.29, 1.82) is 0 Å². The molecule has 0 aliphatic rings. The molecule has 1 amide bonds. The van der Waals surface area contributed by atoms with Gasteiger partial charge in [0.05, 0.1) is 11.6 Å². The van der Waals surface area contributed by atoms with Gasteiger partial charge >= 0.3 is 0 Å². The number of nitrogens with zero attached hydrogens (tertiary/aromatic N) is 1. The van der Waals surface area contributed by atoms with Crippen molar-refractivity contribution in [3.05, 3.63) is 92.7 Å². The van der Waals surface area contributed by atoms with Crippen molar-refractivity contribution in [2.75, 3.05) is 20.6 Å². The highest BCUT2D eigenvalue weighted by Crippen LogP contribution is 2.23. The van der Waals surface area contributed by atoms with Crippen LogP contribution in [0.5, 0.6) is 0 Å². The van der Waals surface area contributed by atoms with Gasteiger partial charge in [-0.05, 0) is 62.6 Å². The molecule has 1 aromatic heterocycles. The molecule has 0 aliphatic heterocycles. The van der Waals surface area contributed by atoms with E-state index in [9.17, 15) is 9.59 Å². The molecular formula is C24H26N2O2S. The summed E-state index contributed by atoms with van der Waals surface area (Å²) >= 11 is 1.67. The van der Waals surface area contributed by atoms with Gasteiger partial charge in [0, 0.05) is 22.5 Å². The molecule has 0 saturated carbocycles. The standard InChI is InChI=1S/C24H26N2O2S/c1-16-11-12-18(14-17(16)2)23(27)19-8-5-6-9-20(19)24(28)25-15-21(26(3)4)22-10-7-13-29-22/h5-14,21H,15H2,1-4H3,(H,25,28). The maximum absolute atomic E-state index is 13.1. The monoisotopic (exact) mass is 406 g/mol. The van der Waals surface area contributed by atoms with Crippen LogP contribution in [0.25, 0.3) is 0 Å². The first-order chi connectivity index (χ1) is 13.9. The lowest BCUT2D eigenvalue weighted by molar-refractivity contribution is 0.0932. The van der Waals surface area contributed by atoms with Crippen LogP contribution in [0.2, 0.25) is 0 Å². The van der Waals surface area contributed by atoms with Crippen LogP contribution in [-0.4, -0.2) is 37.2 Å². The Morgan fingerprint density at radius 1 is 0.966 bits per heavy atom. The fourth-order valence-electron chi connectivity index (χ4n) is 3.22. The first-order valence-electron chi connectivity index (χ1n) is 9.57. The van der Waals surface area contributed by atoms with E-state index in [1.165, 1.54) is 4.88 Å². The third-order valence-corrected chi connectivity index (χ3v) is 6.11. The minimum absolute atomic E-state index is 0.0848. The van der Waals surface area contributed by atoms with Crippen molar-refractivity contribution in [2.24, 2.45) is 0 Å². The van der Waals surface area contributed by atoms with Crippen molar-refractivity contribution >= 4 is 23.0 Å². The zero-order valence-corrected chi connectivity index (χ0v) is 18.0. The molecular weight excluding hydrogens is 380 g/mol. The number of likely N-dealkylation sites (N-methyl/N-ethyl adjacent to an activating group) is 1. The Morgan fingerprint density at radius 3 is 2.31 bits per heavy atom. The zero-order valence-electron chi connectivity index (χ0n) is 17.2. The molecule has 0 fully saturated rings. The first kappa shape index (κ1) is 21.0. The Kier molecular flexibility index (Phi) is 6.62. The van der Waals surface area contributed by atoms with Crippen molar-refractivity contribution in [3.8, 4) is 0 Å². The summed E-state index contributed by atoms with van der Waals surface area (Å²) in [7, 11) is 3.99. The molecule has 29 heavy (non-hydrogen) atoms. The zero-order chi connectivity index (χ0) is 21.0. The Labute approximate surface area is 176 Å². The third-order valence-electron chi connectivity index (χ3n) is 5.14. The topological polar surface area (TPSA) is 49.4 Å². The minimum atomic E-state index is -0.235. The van der Waals surface area contributed by atoms with E-state index in [1.807, 2.05) is 57.6 Å². The van der Waals surface area contributed by atoms with Crippen LogP contribution in [0.3, 0.4) is 0 Å². The van der Waals surface area contributed by atoms with Crippen LogP contribution >= 0.6 is 11.3 Å². The third kappa shape index (κ3) is 4.81. The molecule has 4 nitrogen and oxygen atoms in total. The van der Waals surface area contributed by atoms with E-state index in [1.54, 1.807) is 35.6 Å². The van der Waals surface area contributed by atoms with Gasteiger partial charge in [-0.2, -0.15) is 0 Å². The highest BCUT2D eigenvalue weighted by molar-refractivity contribution is 7.10. The molecule has 5 heteroatoms. The Hall–Kier alpha value is -2.76. The van der Waals surface area contributed by atoms with Crippen LogP contribution in [0, 0.1) is 13.8 Å². The van der Waals surface area contributed by atoms with Crippen LogP contribution in [0.1, 0.15) is 48.3 Å². The van der Waals surface area contributed by atoms with Crippen LogP contribution < -0.4 is 5.32 Å². The van der Waals surface area contributed by atoms with Crippen molar-refractivity contribution in [2.45, 2.75) is 19.9 Å². The molecule has 3 aromatic rings. The van der Waals surface area contributed by atoms with Crippen LogP contribution in [0.4, 0.5) is 0 Å². The lowest BCUT2D eigenvalue weighted by atomic mass is 9.95. The second-order valence-corrected chi connectivity index (χ2v) is 8.36. The summed E-state index contributed by atoms with van der Waals surface area (Å²) in [5.74, 6) is -0.373. The molecule has 0 bridgehead atoms. The van der Waals surface area contributed by atoms with Crippen molar-refractivity contribution in [3.63, 3.8) is 0 Å². The highest BCUT2D eigenvalue weighted by Gasteiger charge is 2.21. The summed E-state index contributed by atoms with van der Waals surface area (Å²) in [6, 6.07) is 16.8. The largest absolute Gasteiger partial charge is 0.350 e. The number of rotatable bonds is 7. The summed E-state index contributed by atoms with van der Waals surface area (Å²) in [4.78, 5) is 29.3. The average molecular weight is 407 g/mol. The number of carbonyl (C=O) groups is 2. The van der Waals surface area contributed by atoms with Gasteiger partial charge in [0.25, 0.3) is 5.91 Å². The molecule has 0 radical (unpaired) electrons. The van der Waals surface area contributed by atoms with E-state index in [4.69, 9.17) is 0 Å². The van der Waals surface area contributed by atoms with Gasteiger partial charge in [0.15, 0.2) is 5.78 Å². The average Bonchev–Trinajstić information content (AvgIpc) is 3.23. The second kappa shape index (κ2) is 9.16. The van der Waals surface area contributed by atoms with E-state index >= 15 is 0 Å². The Bertz CT molecular complexity index is 1010. The van der Waals surface area contributed by atoms with Gasteiger partial charge in [0.1, 0.15) is 0 Å². The maximum Gasteiger partial charge on any atom is 0.252 e. The predicted molar refractivity (Wildman–Crippen MR) is 119 cm³/mol. The maximum atomic E-state index is 13.1. The Morgan fingerprint density at radius 2 is 1.69 bits per heavy atom. The normalized spacial score (nSPS) is 12.0. The van der Waals surface area contributed by atoms with Gasteiger partial charge in [0.2, 0.25) is 0 Å². The molecule has 1 atom stereocenters. The molecule has 0 saturated heterocycles. The Balaban J connectivity index is 1.81. The number of ketones is 1. The quantitative estimate of drug-likeness (QED) is 0.582. The van der Waals surface area contributed by atoms with E-state index < -0.39 is 0 Å². The van der Waals surface area contributed by atoms with Crippen molar-refractivity contribution in [1.82, 2.24) is 10.2 Å². The van der Waals surface area contributed by atoms with Gasteiger partial charge in [-0.15, -0.1) is 11.3 Å². The van der Waals surface area contributed by atoms with Gasteiger partial charge < -0.3 is 10.2 Å². The fourth-order valence-corrected chi connectivity index (χ4v) is 4.14. The smallest absolute Gasteiger partial charge is 0.252 e. The van der Waals surface area contributed by atoms with Crippen molar-refractivity contribution < 1.29 is 9.59 Å². The lowest BCUT2D eigenvalue weighted by Gasteiger charge is -2.23. The number of nitrogens with one attached hydrogen (secondary N) is 1. The first-order valence-corrected chi connectivity index (χ1v) is 10.5. The van der Waals surface area contributed by atoms with E-state index in [2.05, 4.69) is 16.3 Å². The summed E-state index contributed by atoms with van der Waals surface area (Å²) in [5, 5.41) is 5.04. The highest BCUT2D eigenvalue weighted by atomic mass is 32.1. The summed E-state index contributed by atoms with van der Waals surface area (Å²) in [6.07, 6.45) is 0. The number of carbonyl (C=O) groups excluding carboxylic acids is 2. The van der Waals surface area contributed by atoms with E-state index in [0.29, 0.717) is 23.2 Å². The predicted octanol–water partition coefficient (Wildman–Crippen LogP) is 4.63. The molecule has 0 aliphatic carbocycles. The SMILES string of the molecule is Cc1ccc(C(=O)c2ccccc2C(=O)NCC(c2cccs2)N(C)C)cc1C. The van der Waals surface area contributed by atoms with E-state index in [0.717, 1.165) is 11.1 Å². The van der Waals surface area contributed by atoms with E-state index in [-0.39, 0.29) is 17.7 Å². The number of benzene rings is 2. The minimum Gasteiger partial charge on any atom is -0.350 e. The summed E-state index contributed by atoms with van der Waals surface area (Å²) in [6.45, 7) is 4.47. The van der Waals surface area contributed by atoms with Gasteiger partial charge in [-0.3, -0.25) is 9.59 Å². The molecule has 1 heterocycles. The molecule has 1 unspecified atom stereocenters. The van der Waals surface area contributed by atoms with Crippen LogP contribution in [-0.2, 0) is 0 Å². The molecule has 0 spiro atoms. The van der Waals surface area contributed by atoms with Crippen LogP contribution in [0.15, 0.2) is 60.0 Å². The summed E-state index contributed by atoms with van der Waals surface area (Å²) < 4.78 is 0. The number of hydrogen-bond acceptors (Lipinski definition) is 4. The lowest BCUT2D eigenvalue weighted by Crippen LogP contribution is -2.34. The summed E-state index contributed by atoms with van der Waals surface area (Å²) in [5.41, 5.74) is 3.61. The van der Waals surface area contributed by atoms with Gasteiger partial charge in [-0.25, -0.2) is 0 Å². The van der Waals surface area contributed by atoms with Gasteiger partial charge in [-0.1, -0.05) is 36.4 Å². The fraction of sp³-hybridized carbons (Fsp3) is 0.250. The molecule has 2 aromatic carbocycles. The second-order valence-electron chi connectivity index (χ2n) is 7.38. The number of hydrogen-bond donors (Lipinski definition) is 1. The molecule has 3 rings (SSSR count). The number of thiophene rings is 1. The number of amides is 1.